The highest BCUT2D eigenvalue weighted by Crippen LogP contribution is 2.24. The Kier molecular flexibility index (Phi) is 3.15. The molecule has 1 aromatic carbocycles. The Morgan fingerprint density at radius 2 is 2.31 bits per heavy atom. The van der Waals surface area contributed by atoms with Crippen molar-refractivity contribution in [1.82, 2.24) is 5.32 Å². The van der Waals surface area contributed by atoms with E-state index >= 15 is 0 Å². The summed E-state index contributed by atoms with van der Waals surface area (Å²) in [5, 5.41) is 16.1. The van der Waals surface area contributed by atoms with E-state index in [0.717, 1.165) is 11.3 Å². The van der Waals surface area contributed by atoms with Gasteiger partial charge in [-0.3, -0.25) is 0 Å². The van der Waals surface area contributed by atoms with Gasteiger partial charge in [-0.2, -0.15) is 0 Å². The molecule has 0 spiro atoms. The number of hydrogen-bond donors (Lipinski definition) is 2. The van der Waals surface area contributed by atoms with Gasteiger partial charge in [-0.25, -0.2) is 0 Å². The number of hydrogen-bond acceptors (Lipinski definition) is 3. The molecular weight excluding hydrogens is 224 g/mol. The second-order valence-corrected chi connectivity index (χ2v) is 4.31. The van der Waals surface area contributed by atoms with Crippen molar-refractivity contribution >= 4 is 17.3 Å². The van der Waals surface area contributed by atoms with Gasteiger partial charge < -0.3 is 10.5 Å². The fourth-order valence-electron chi connectivity index (χ4n) is 1.88. The Bertz CT molecular complexity index is 454. The molecule has 2 N–H and O–H groups in total. The van der Waals surface area contributed by atoms with Crippen LogP contribution in [0.2, 0.25) is 5.02 Å². The highest BCUT2D eigenvalue weighted by molar-refractivity contribution is 6.30. The smallest absolute Gasteiger partial charge is 0.0836 e. The molecule has 0 saturated carbocycles. The summed E-state index contributed by atoms with van der Waals surface area (Å²) in [4.78, 5) is 0. The molecule has 16 heavy (non-hydrogen) atoms. The Hall–Kier alpha value is -1.48. The van der Waals surface area contributed by atoms with Crippen LogP contribution < -0.4 is 5.32 Å². The van der Waals surface area contributed by atoms with Crippen molar-refractivity contribution in [3.05, 3.63) is 46.6 Å². The Balaban J connectivity index is 2.27. The molecule has 1 aromatic rings. The molecule has 0 radical (unpaired) electrons. The average Bonchev–Trinajstić information content (AvgIpc) is 2.28. The minimum absolute atomic E-state index is 0.120. The molecule has 1 unspecified atom stereocenters. The van der Waals surface area contributed by atoms with Gasteiger partial charge in [0.2, 0.25) is 0 Å². The number of halogens is 1. The maximum Gasteiger partial charge on any atom is 0.0836 e. The second-order valence-electron chi connectivity index (χ2n) is 3.87. The quantitative estimate of drug-likeness (QED) is 0.581. The minimum atomic E-state index is 0.120. The molecule has 0 amide bonds. The van der Waals surface area contributed by atoms with E-state index in [0.29, 0.717) is 17.2 Å². The van der Waals surface area contributed by atoms with Gasteiger partial charge in [-0.15, -0.1) is 0 Å². The molecule has 0 fully saturated rings. The molecule has 1 aliphatic rings. The molecule has 0 aromatic heterocycles. The summed E-state index contributed by atoms with van der Waals surface area (Å²) in [6.07, 6.45) is 2.50. The number of nitrogens with zero attached hydrogens (tertiary/aromatic N) is 1. The summed E-state index contributed by atoms with van der Waals surface area (Å²) < 4.78 is 0. The van der Waals surface area contributed by atoms with Gasteiger partial charge in [0, 0.05) is 17.1 Å². The van der Waals surface area contributed by atoms with E-state index in [-0.39, 0.29) is 6.04 Å². The highest BCUT2D eigenvalue weighted by Gasteiger charge is 2.18. The SMILES string of the molecule is CC1=C/C(=N\O)CC(c2cccc(Cl)c2)N1. The largest absolute Gasteiger partial charge is 0.411 e. The third kappa shape index (κ3) is 2.36. The van der Waals surface area contributed by atoms with Crippen LogP contribution in [-0.4, -0.2) is 10.9 Å². The molecule has 84 valence electrons. The fourth-order valence-corrected chi connectivity index (χ4v) is 2.08. The summed E-state index contributed by atoms with van der Waals surface area (Å²) in [5.74, 6) is 0. The van der Waals surface area contributed by atoms with E-state index in [2.05, 4.69) is 10.5 Å². The van der Waals surface area contributed by atoms with Gasteiger partial charge >= 0.3 is 0 Å². The lowest BCUT2D eigenvalue weighted by atomic mass is 9.97. The zero-order valence-electron chi connectivity index (χ0n) is 8.94. The number of oxime groups is 1. The number of allylic oxidation sites excluding steroid dienone is 2. The van der Waals surface area contributed by atoms with Gasteiger partial charge in [-0.05, 0) is 30.7 Å². The van der Waals surface area contributed by atoms with Gasteiger partial charge in [0.15, 0.2) is 0 Å². The van der Waals surface area contributed by atoms with E-state index in [1.54, 1.807) is 0 Å². The van der Waals surface area contributed by atoms with Crippen molar-refractivity contribution < 1.29 is 5.21 Å². The van der Waals surface area contributed by atoms with E-state index in [9.17, 15) is 0 Å². The monoisotopic (exact) mass is 236 g/mol. The van der Waals surface area contributed by atoms with Gasteiger partial charge in [0.05, 0.1) is 11.8 Å². The Morgan fingerprint density at radius 1 is 1.50 bits per heavy atom. The van der Waals surface area contributed by atoms with E-state index in [1.807, 2.05) is 37.3 Å². The molecule has 1 heterocycles. The molecule has 2 rings (SSSR count). The van der Waals surface area contributed by atoms with Crippen LogP contribution in [0.1, 0.15) is 24.9 Å². The average molecular weight is 237 g/mol. The maximum absolute atomic E-state index is 8.82. The molecule has 3 nitrogen and oxygen atoms in total. The summed E-state index contributed by atoms with van der Waals surface area (Å²) >= 11 is 5.95. The summed E-state index contributed by atoms with van der Waals surface area (Å²) in [6, 6.07) is 7.82. The Labute approximate surface area is 99.4 Å². The lowest BCUT2D eigenvalue weighted by molar-refractivity contribution is 0.316. The zero-order chi connectivity index (χ0) is 11.5. The molecule has 0 aliphatic carbocycles. The maximum atomic E-state index is 8.82. The number of nitrogens with one attached hydrogen (secondary N) is 1. The van der Waals surface area contributed by atoms with Crippen LogP contribution in [0.25, 0.3) is 0 Å². The third-order valence-electron chi connectivity index (χ3n) is 2.58. The van der Waals surface area contributed by atoms with Crippen LogP contribution in [0.4, 0.5) is 0 Å². The molecule has 0 bridgehead atoms. The third-order valence-corrected chi connectivity index (χ3v) is 2.81. The van der Waals surface area contributed by atoms with Crippen LogP contribution in [0.15, 0.2) is 41.2 Å². The van der Waals surface area contributed by atoms with Crippen LogP contribution >= 0.6 is 11.6 Å². The lowest BCUT2D eigenvalue weighted by Gasteiger charge is -2.24. The molecule has 1 aliphatic heterocycles. The van der Waals surface area contributed by atoms with Crippen LogP contribution in [0, 0.1) is 0 Å². The standard InChI is InChI=1S/C12H13ClN2O/c1-8-5-11(15-16)7-12(14-8)9-3-2-4-10(13)6-9/h2-6,12,14,16H,7H2,1H3/b15-11+. The Morgan fingerprint density at radius 3 is 3.00 bits per heavy atom. The summed E-state index contributed by atoms with van der Waals surface area (Å²) in [5.41, 5.74) is 2.77. The van der Waals surface area contributed by atoms with Crippen molar-refractivity contribution in [2.24, 2.45) is 5.16 Å². The molecular formula is C12H13ClN2O. The van der Waals surface area contributed by atoms with Crippen LogP contribution in [-0.2, 0) is 0 Å². The molecule has 0 saturated heterocycles. The van der Waals surface area contributed by atoms with E-state index in [4.69, 9.17) is 16.8 Å². The van der Waals surface area contributed by atoms with Crippen molar-refractivity contribution in [3.63, 3.8) is 0 Å². The molecule has 4 heteroatoms. The first-order chi connectivity index (χ1) is 7.69. The first-order valence-electron chi connectivity index (χ1n) is 5.10. The van der Waals surface area contributed by atoms with Gasteiger partial charge in [-0.1, -0.05) is 28.9 Å². The number of benzene rings is 1. The van der Waals surface area contributed by atoms with Crippen molar-refractivity contribution in [2.75, 3.05) is 0 Å². The number of rotatable bonds is 1. The molecule has 1 atom stereocenters. The second kappa shape index (κ2) is 4.58. The zero-order valence-corrected chi connectivity index (χ0v) is 9.70. The first kappa shape index (κ1) is 11.0. The topological polar surface area (TPSA) is 44.6 Å². The van der Waals surface area contributed by atoms with Crippen molar-refractivity contribution in [3.8, 4) is 0 Å². The van der Waals surface area contributed by atoms with Crippen molar-refractivity contribution in [2.45, 2.75) is 19.4 Å². The van der Waals surface area contributed by atoms with Gasteiger partial charge in [0.1, 0.15) is 0 Å². The normalized spacial score (nSPS) is 22.8. The van der Waals surface area contributed by atoms with Crippen LogP contribution in [0.3, 0.4) is 0 Å². The summed E-state index contributed by atoms with van der Waals surface area (Å²) in [6.45, 7) is 1.95. The lowest BCUT2D eigenvalue weighted by Crippen LogP contribution is -2.27. The predicted molar refractivity (Wildman–Crippen MR) is 64.9 cm³/mol. The minimum Gasteiger partial charge on any atom is -0.411 e. The van der Waals surface area contributed by atoms with E-state index in [1.165, 1.54) is 0 Å². The van der Waals surface area contributed by atoms with E-state index < -0.39 is 0 Å². The van der Waals surface area contributed by atoms with Crippen LogP contribution in [0.5, 0.6) is 0 Å². The predicted octanol–water partition coefficient (Wildman–Crippen LogP) is 3.11. The highest BCUT2D eigenvalue weighted by atomic mass is 35.5. The van der Waals surface area contributed by atoms with Crippen molar-refractivity contribution in [1.29, 1.82) is 0 Å². The van der Waals surface area contributed by atoms with Gasteiger partial charge in [0.25, 0.3) is 0 Å². The first-order valence-corrected chi connectivity index (χ1v) is 5.48. The summed E-state index contributed by atoms with van der Waals surface area (Å²) in [7, 11) is 0. The fraction of sp³-hybridized carbons (Fsp3) is 0.250.